The van der Waals surface area contributed by atoms with Gasteiger partial charge in [-0.15, -0.1) is 0 Å². The Hall–Kier alpha value is -4.14. The highest BCUT2D eigenvalue weighted by Crippen LogP contribution is 2.16. The van der Waals surface area contributed by atoms with Crippen molar-refractivity contribution in [1.82, 2.24) is 20.8 Å². The zero-order valence-corrected chi connectivity index (χ0v) is 16.9. The van der Waals surface area contributed by atoms with Crippen LogP contribution in [-0.2, 0) is 9.59 Å². The van der Waals surface area contributed by atoms with Crippen LogP contribution in [0.2, 0.25) is 0 Å². The fraction of sp³-hybridized carbons (Fsp3) is 0.182. The number of benzene rings is 2. The molecule has 3 rings (SSSR count). The third kappa shape index (κ3) is 6.17. The van der Waals surface area contributed by atoms with Crippen LogP contribution >= 0.6 is 0 Å². The first-order valence-electron chi connectivity index (χ1n) is 9.72. The fourth-order valence-corrected chi connectivity index (χ4v) is 2.82. The van der Waals surface area contributed by atoms with E-state index in [2.05, 4.69) is 26.1 Å². The summed E-state index contributed by atoms with van der Waals surface area (Å²) in [6.07, 6.45) is 2.98. The van der Waals surface area contributed by atoms with Crippen molar-refractivity contribution >= 4 is 23.4 Å². The zero-order chi connectivity index (χ0) is 22.1. The van der Waals surface area contributed by atoms with Gasteiger partial charge in [0.2, 0.25) is 5.91 Å². The van der Waals surface area contributed by atoms with Gasteiger partial charge in [0.05, 0.1) is 25.0 Å². The van der Waals surface area contributed by atoms with E-state index < -0.39 is 23.8 Å². The third-order valence-electron chi connectivity index (χ3n) is 4.30. The molecule has 0 aliphatic rings. The number of nitrogens with zero attached hydrogens (tertiary/aromatic N) is 1. The van der Waals surface area contributed by atoms with E-state index in [-0.39, 0.29) is 6.54 Å². The van der Waals surface area contributed by atoms with Crippen LogP contribution in [0.15, 0.2) is 67.0 Å². The number of H-pyrrole nitrogens is 1. The highest BCUT2D eigenvalue weighted by Gasteiger charge is 2.23. The molecular weight excluding hydrogens is 398 g/mol. The van der Waals surface area contributed by atoms with E-state index >= 15 is 0 Å². The van der Waals surface area contributed by atoms with Gasteiger partial charge in [0.1, 0.15) is 11.8 Å². The van der Waals surface area contributed by atoms with Crippen LogP contribution in [0.4, 0.5) is 5.69 Å². The van der Waals surface area contributed by atoms with Crippen LogP contribution in [0.3, 0.4) is 0 Å². The van der Waals surface area contributed by atoms with Crippen molar-refractivity contribution in [2.24, 2.45) is 0 Å². The third-order valence-corrected chi connectivity index (χ3v) is 4.30. The van der Waals surface area contributed by atoms with Crippen molar-refractivity contribution in [2.75, 3.05) is 18.5 Å². The van der Waals surface area contributed by atoms with E-state index in [4.69, 9.17) is 4.74 Å². The average molecular weight is 421 g/mol. The van der Waals surface area contributed by atoms with Gasteiger partial charge in [-0.05, 0) is 36.8 Å². The van der Waals surface area contributed by atoms with Gasteiger partial charge in [0.25, 0.3) is 11.8 Å². The highest BCUT2D eigenvalue weighted by molar-refractivity contribution is 5.99. The average Bonchev–Trinajstić information content (AvgIpc) is 3.30. The van der Waals surface area contributed by atoms with Gasteiger partial charge in [-0.2, -0.15) is 5.10 Å². The first kappa shape index (κ1) is 21.6. The molecule has 0 fully saturated rings. The summed E-state index contributed by atoms with van der Waals surface area (Å²) >= 11 is 0. The van der Waals surface area contributed by atoms with Gasteiger partial charge >= 0.3 is 0 Å². The molecule has 0 spiro atoms. The van der Waals surface area contributed by atoms with E-state index in [1.165, 1.54) is 12.4 Å². The molecule has 0 saturated carbocycles. The zero-order valence-electron chi connectivity index (χ0n) is 16.9. The molecule has 0 aliphatic heterocycles. The van der Waals surface area contributed by atoms with Gasteiger partial charge in [-0.3, -0.25) is 19.5 Å². The number of nitrogens with one attached hydrogen (secondary N) is 4. The molecule has 0 bridgehead atoms. The first-order chi connectivity index (χ1) is 15.1. The number of carbonyl (C=O) groups is 3. The van der Waals surface area contributed by atoms with Crippen molar-refractivity contribution in [2.45, 2.75) is 13.0 Å². The lowest BCUT2D eigenvalue weighted by molar-refractivity contribution is -0.126. The molecule has 3 aromatic rings. The number of carbonyl (C=O) groups excluding carboxylic acids is 3. The Balaban J connectivity index is 1.60. The maximum atomic E-state index is 12.7. The number of amides is 3. The Morgan fingerprint density at radius 3 is 2.45 bits per heavy atom. The minimum absolute atomic E-state index is 0.283. The summed E-state index contributed by atoms with van der Waals surface area (Å²) < 4.78 is 5.34. The number of ether oxygens (including phenoxy) is 1. The minimum atomic E-state index is -0.939. The second kappa shape index (κ2) is 10.6. The molecule has 0 aliphatic carbocycles. The molecule has 1 heterocycles. The normalized spacial score (nSPS) is 11.3. The fourth-order valence-electron chi connectivity index (χ4n) is 2.82. The summed E-state index contributed by atoms with van der Waals surface area (Å²) in [6, 6.07) is 14.5. The van der Waals surface area contributed by atoms with Crippen LogP contribution in [0, 0.1) is 0 Å². The highest BCUT2D eigenvalue weighted by atomic mass is 16.5. The van der Waals surface area contributed by atoms with Gasteiger partial charge in [0, 0.05) is 11.8 Å². The Morgan fingerprint density at radius 1 is 1.06 bits per heavy atom. The maximum absolute atomic E-state index is 12.7. The van der Waals surface area contributed by atoms with Crippen molar-refractivity contribution in [3.63, 3.8) is 0 Å². The lowest BCUT2D eigenvalue weighted by Gasteiger charge is -2.18. The molecule has 3 amide bonds. The topological polar surface area (TPSA) is 125 Å². The van der Waals surface area contributed by atoms with Gasteiger partial charge < -0.3 is 20.7 Å². The maximum Gasteiger partial charge on any atom is 0.251 e. The van der Waals surface area contributed by atoms with Crippen molar-refractivity contribution < 1.29 is 19.1 Å². The quantitative estimate of drug-likeness (QED) is 0.421. The van der Waals surface area contributed by atoms with Crippen LogP contribution < -0.4 is 20.7 Å². The number of hydrogen-bond donors (Lipinski definition) is 4. The number of hydrogen-bond acceptors (Lipinski definition) is 5. The van der Waals surface area contributed by atoms with Gasteiger partial charge in [0.15, 0.2) is 0 Å². The van der Waals surface area contributed by atoms with Crippen LogP contribution in [0.25, 0.3) is 0 Å². The summed E-state index contributed by atoms with van der Waals surface area (Å²) in [4.78, 5) is 37.5. The SMILES string of the molecule is CCOc1ccc(C(=O)NCC(=O)N[C@H](C(=O)Nc2cn[nH]c2)c2ccccc2)cc1. The molecule has 9 heteroatoms. The van der Waals surface area contributed by atoms with Crippen LogP contribution in [-0.4, -0.2) is 41.1 Å². The monoisotopic (exact) mass is 421 g/mol. The Morgan fingerprint density at radius 2 is 1.81 bits per heavy atom. The van der Waals surface area contributed by atoms with E-state index in [0.29, 0.717) is 29.2 Å². The van der Waals surface area contributed by atoms with E-state index in [1.54, 1.807) is 48.5 Å². The van der Waals surface area contributed by atoms with Crippen molar-refractivity contribution in [3.05, 3.63) is 78.1 Å². The van der Waals surface area contributed by atoms with Gasteiger partial charge in [-0.25, -0.2) is 0 Å². The Labute approximate surface area is 179 Å². The van der Waals surface area contributed by atoms with E-state index in [0.717, 1.165) is 0 Å². The van der Waals surface area contributed by atoms with E-state index in [1.807, 2.05) is 13.0 Å². The summed E-state index contributed by atoms with van der Waals surface area (Å²) in [5, 5.41) is 14.3. The van der Waals surface area contributed by atoms with Crippen LogP contribution in [0.1, 0.15) is 28.9 Å². The number of anilines is 1. The summed E-state index contributed by atoms with van der Waals surface area (Å²) in [7, 11) is 0. The predicted octanol–water partition coefficient (Wildman–Crippen LogP) is 2.03. The molecule has 0 unspecified atom stereocenters. The first-order valence-corrected chi connectivity index (χ1v) is 9.72. The standard InChI is InChI=1S/C22H23N5O4/c1-2-31-18-10-8-16(9-11-18)21(29)23-14-19(28)27-20(15-6-4-3-5-7-15)22(30)26-17-12-24-25-13-17/h3-13,20H,2,14H2,1H3,(H,23,29)(H,24,25)(H,26,30)(H,27,28)/t20-/m0/s1. The lowest BCUT2D eigenvalue weighted by Crippen LogP contribution is -2.42. The van der Waals surface area contributed by atoms with E-state index in [9.17, 15) is 14.4 Å². The molecule has 0 radical (unpaired) electrons. The summed E-state index contributed by atoms with van der Waals surface area (Å²) in [5.41, 5.74) is 1.48. The molecule has 1 atom stereocenters. The summed E-state index contributed by atoms with van der Waals surface area (Å²) in [5.74, 6) is -0.683. The number of rotatable bonds is 9. The second-order valence-corrected chi connectivity index (χ2v) is 6.53. The number of aromatic nitrogens is 2. The lowest BCUT2D eigenvalue weighted by atomic mass is 10.1. The molecule has 2 aromatic carbocycles. The molecular formula is C22H23N5O4. The molecule has 1 aromatic heterocycles. The van der Waals surface area contributed by atoms with Crippen molar-refractivity contribution in [3.8, 4) is 5.75 Å². The smallest absolute Gasteiger partial charge is 0.251 e. The predicted molar refractivity (Wildman–Crippen MR) is 114 cm³/mol. The second-order valence-electron chi connectivity index (χ2n) is 6.53. The molecule has 31 heavy (non-hydrogen) atoms. The van der Waals surface area contributed by atoms with Crippen molar-refractivity contribution in [1.29, 1.82) is 0 Å². The molecule has 4 N–H and O–H groups in total. The van der Waals surface area contributed by atoms with Crippen LogP contribution in [0.5, 0.6) is 5.75 Å². The molecule has 160 valence electrons. The largest absolute Gasteiger partial charge is 0.494 e. The van der Waals surface area contributed by atoms with Gasteiger partial charge in [-0.1, -0.05) is 30.3 Å². The Bertz CT molecular complexity index is 1000. The number of aromatic amines is 1. The minimum Gasteiger partial charge on any atom is -0.494 e. The molecule has 0 saturated heterocycles. The molecule has 9 nitrogen and oxygen atoms in total. The summed E-state index contributed by atoms with van der Waals surface area (Å²) in [6.45, 7) is 2.12. The Kier molecular flexibility index (Phi) is 7.36.